The summed E-state index contributed by atoms with van der Waals surface area (Å²) in [6.45, 7) is 3.63. The van der Waals surface area contributed by atoms with Crippen molar-refractivity contribution in [2.45, 2.75) is 52.4 Å². The molecule has 0 atom stereocenters. The maximum absolute atomic E-state index is 12.1. The topological polar surface area (TPSA) is 86.5 Å². The molecule has 0 fully saturated rings. The summed E-state index contributed by atoms with van der Waals surface area (Å²) in [7, 11) is 0. The third kappa shape index (κ3) is 7.28. The van der Waals surface area contributed by atoms with Crippen molar-refractivity contribution in [3.63, 3.8) is 0 Å². The Morgan fingerprint density at radius 1 is 1.12 bits per heavy atom. The van der Waals surface area contributed by atoms with Crippen LogP contribution in [-0.2, 0) is 14.3 Å². The lowest BCUT2D eigenvalue weighted by Crippen LogP contribution is -2.14. The average Bonchev–Trinajstić information content (AvgIpc) is 2.58. The first-order valence-electron chi connectivity index (χ1n) is 8.60. The number of hydrogen-bond acceptors (Lipinski definition) is 5. The van der Waals surface area contributed by atoms with E-state index in [1.165, 1.54) is 50.5 Å². The molecule has 25 heavy (non-hydrogen) atoms. The number of Topliss-reactive ketones (excluding diaryl/α,β-unsaturated/α-hetero) is 1. The zero-order chi connectivity index (χ0) is 18.7. The van der Waals surface area contributed by atoms with Gasteiger partial charge in [0, 0.05) is 6.07 Å². The first kappa shape index (κ1) is 20.5. The van der Waals surface area contributed by atoms with Crippen LogP contribution in [0, 0.1) is 10.1 Å². The second kappa shape index (κ2) is 11.1. The van der Waals surface area contributed by atoms with Gasteiger partial charge in [-0.2, -0.15) is 0 Å². The van der Waals surface area contributed by atoms with Crippen LogP contribution in [0.15, 0.2) is 29.8 Å². The Bertz CT molecular complexity index is 636. The van der Waals surface area contributed by atoms with Crippen LogP contribution in [0.5, 0.6) is 0 Å². The normalized spacial score (nSPS) is 11.2. The average molecular weight is 347 g/mol. The van der Waals surface area contributed by atoms with Crippen molar-refractivity contribution in [1.29, 1.82) is 0 Å². The van der Waals surface area contributed by atoms with Gasteiger partial charge < -0.3 is 4.74 Å². The molecule has 136 valence electrons. The van der Waals surface area contributed by atoms with E-state index in [1.54, 1.807) is 6.07 Å². The number of esters is 1. The number of unbranched alkanes of at least 4 members (excludes halogenated alkanes) is 5. The van der Waals surface area contributed by atoms with E-state index in [0.717, 1.165) is 19.3 Å². The number of ketones is 1. The number of para-hydroxylation sites is 1. The molecule has 6 nitrogen and oxygen atoms in total. The summed E-state index contributed by atoms with van der Waals surface area (Å²) >= 11 is 0. The summed E-state index contributed by atoms with van der Waals surface area (Å²) < 4.78 is 5.15. The van der Waals surface area contributed by atoms with E-state index in [1.807, 2.05) is 0 Å². The zero-order valence-electron chi connectivity index (χ0n) is 14.8. The fourth-order valence-electron chi connectivity index (χ4n) is 2.36. The quantitative estimate of drug-likeness (QED) is 0.112. The number of nitro benzene ring substituents is 1. The highest BCUT2D eigenvalue weighted by atomic mass is 16.6. The Balaban J connectivity index is 2.69. The predicted molar refractivity (Wildman–Crippen MR) is 96.1 cm³/mol. The Kier molecular flexibility index (Phi) is 9.14. The Morgan fingerprint density at radius 3 is 2.40 bits per heavy atom. The fourth-order valence-corrected chi connectivity index (χ4v) is 2.36. The fraction of sp³-hybridized carbons (Fsp3) is 0.474. The SMILES string of the molecule is CCCCCCCCOC(=O)/C(=C/c1ccccc1[N+](=O)[O-])C(C)=O. The van der Waals surface area contributed by atoms with E-state index in [-0.39, 0.29) is 23.4 Å². The summed E-state index contributed by atoms with van der Waals surface area (Å²) in [4.78, 5) is 34.3. The number of benzene rings is 1. The van der Waals surface area contributed by atoms with Crippen LogP contribution < -0.4 is 0 Å². The molecule has 0 bridgehead atoms. The molecule has 0 saturated carbocycles. The molecule has 6 heteroatoms. The van der Waals surface area contributed by atoms with E-state index in [4.69, 9.17) is 4.74 Å². The minimum atomic E-state index is -0.737. The van der Waals surface area contributed by atoms with E-state index < -0.39 is 16.7 Å². The van der Waals surface area contributed by atoms with Crippen molar-refractivity contribution < 1.29 is 19.2 Å². The minimum Gasteiger partial charge on any atom is -0.462 e. The maximum Gasteiger partial charge on any atom is 0.341 e. The molecule has 0 aliphatic carbocycles. The standard InChI is InChI=1S/C19H25NO5/c1-3-4-5-6-7-10-13-25-19(22)17(15(2)21)14-16-11-8-9-12-18(16)20(23)24/h8-9,11-12,14H,3-7,10,13H2,1-2H3/b17-14+. The lowest BCUT2D eigenvalue weighted by Gasteiger charge is -2.07. The smallest absolute Gasteiger partial charge is 0.341 e. The van der Waals surface area contributed by atoms with Crippen molar-refractivity contribution in [3.05, 3.63) is 45.5 Å². The Hall–Kier alpha value is -2.50. The lowest BCUT2D eigenvalue weighted by atomic mass is 10.1. The van der Waals surface area contributed by atoms with Crippen molar-refractivity contribution in [1.82, 2.24) is 0 Å². The van der Waals surface area contributed by atoms with Gasteiger partial charge in [-0.1, -0.05) is 51.2 Å². The molecule has 0 saturated heterocycles. The van der Waals surface area contributed by atoms with Gasteiger partial charge in [-0.25, -0.2) is 4.79 Å². The molecule has 0 heterocycles. The van der Waals surface area contributed by atoms with Crippen LogP contribution in [-0.4, -0.2) is 23.3 Å². The molecule has 1 aromatic rings. The van der Waals surface area contributed by atoms with Crippen LogP contribution in [0.2, 0.25) is 0 Å². The molecular weight excluding hydrogens is 322 g/mol. The van der Waals surface area contributed by atoms with Gasteiger partial charge in [0.05, 0.1) is 17.1 Å². The third-order valence-electron chi connectivity index (χ3n) is 3.76. The molecular formula is C19H25NO5. The monoisotopic (exact) mass is 347 g/mol. The maximum atomic E-state index is 12.1. The van der Waals surface area contributed by atoms with Crippen molar-refractivity contribution >= 4 is 23.5 Å². The third-order valence-corrected chi connectivity index (χ3v) is 3.76. The van der Waals surface area contributed by atoms with Gasteiger partial charge in [0.2, 0.25) is 0 Å². The van der Waals surface area contributed by atoms with Gasteiger partial charge in [-0.3, -0.25) is 14.9 Å². The van der Waals surface area contributed by atoms with Crippen LogP contribution in [0.3, 0.4) is 0 Å². The van der Waals surface area contributed by atoms with E-state index in [0.29, 0.717) is 0 Å². The molecule has 0 unspecified atom stereocenters. The van der Waals surface area contributed by atoms with Crippen molar-refractivity contribution in [2.75, 3.05) is 6.61 Å². The summed E-state index contributed by atoms with van der Waals surface area (Å²) in [5, 5.41) is 11.0. The van der Waals surface area contributed by atoms with Gasteiger partial charge in [0.15, 0.2) is 5.78 Å². The number of nitrogens with zero attached hydrogens (tertiary/aromatic N) is 1. The summed E-state index contributed by atoms with van der Waals surface area (Å²) in [5.41, 5.74) is -0.139. The van der Waals surface area contributed by atoms with Gasteiger partial charge >= 0.3 is 5.97 Å². The largest absolute Gasteiger partial charge is 0.462 e. The van der Waals surface area contributed by atoms with Crippen LogP contribution >= 0.6 is 0 Å². The van der Waals surface area contributed by atoms with Crippen LogP contribution in [0.25, 0.3) is 6.08 Å². The number of ether oxygens (including phenoxy) is 1. The van der Waals surface area contributed by atoms with Crippen LogP contribution in [0.1, 0.15) is 57.9 Å². The number of carbonyl (C=O) groups is 2. The molecule has 1 aromatic carbocycles. The molecule has 0 amide bonds. The van der Waals surface area contributed by atoms with Crippen molar-refractivity contribution in [2.24, 2.45) is 0 Å². The minimum absolute atomic E-state index is 0.162. The lowest BCUT2D eigenvalue weighted by molar-refractivity contribution is -0.385. The highest BCUT2D eigenvalue weighted by molar-refractivity contribution is 6.20. The summed E-state index contributed by atoms with van der Waals surface area (Å²) in [5.74, 6) is -1.22. The van der Waals surface area contributed by atoms with Crippen molar-refractivity contribution in [3.8, 4) is 0 Å². The van der Waals surface area contributed by atoms with E-state index in [9.17, 15) is 19.7 Å². The number of hydrogen-bond donors (Lipinski definition) is 0. The molecule has 0 aliphatic heterocycles. The highest BCUT2D eigenvalue weighted by Gasteiger charge is 2.19. The van der Waals surface area contributed by atoms with Gasteiger partial charge in [-0.05, 0) is 25.5 Å². The zero-order valence-corrected chi connectivity index (χ0v) is 14.8. The molecule has 0 radical (unpaired) electrons. The second-order valence-electron chi connectivity index (χ2n) is 5.83. The van der Waals surface area contributed by atoms with E-state index in [2.05, 4.69) is 6.92 Å². The van der Waals surface area contributed by atoms with Gasteiger partial charge in [0.1, 0.15) is 5.57 Å². The molecule has 0 aliphatic rings. The first-order chi connectivity index (χ1) is 12.0. The van der Waals surface area contributed by atoms with Gasteiger partial charge in [0.25, 0.3) is 5.69 Å². The number of carbonyl (C=O) groups excluding carboxylic acids is 2. The Labute approximate surface area is 148 Å². The summed E-state index contributed by atoms with van der Waals surface area (Å²) in [6, 6.07) is 5.95. The van der Waals surface area contributed by atoms with Gasteiger partial charge in [-0.15, -0.1) is 0 Å². The second-order valence-corrected chi connectivity index (χ2v) is 5.83. The first-order valence-corrected chi connectivity index (χ1v) is 8.60. The van der Waals surface area contributed by atoms with Crippen LogP contribution in [0.4, 0.5) is 5.69 Å². The molecule has 1 rings (SSSR count). The van der Waals surface area contributed by atoms with E-state index >= 15 is 0 Å². The highest BCUT2D eigenvalue weighted by Crippen LogP contribution is 2.21. The predicted octanol–water partition coefficient (Wildman–Crippen LogP) is 4.47. The summed E-state index contributed by atoms with van der Waals surface area (Å²) in [6.07, 6.45) is 7.57. The number of nitro groups is 1. The molecule has 0 N–H and O–H groups in total. The number of rotatable bonds is 11. The molecule has 0 aromatic heterocycles. The molecule has 0 spiro atoms. The Morgan fingerprint density at radius 2 is 1.76 bits per heavy atom.